The summed E-state index contributed by atoms with van der Waals surface area (Å²) in [5, 5.41) is 18.9. The van der Waals surface area contributed by atoms with E-state index in [1.54, 1.807) is 30.3 Å². The van der Waals surface area contributed by atoms with E-state index in [9.17, 15) is 15.3 Å². The van der Waals surface area contributed by atoms with E-state index >= 15 is 0 Å². The van der Waals surface area contributed by atoms with Crippen molar-refractivity contribution >= 4 is 39.1 Å². The fourth-order valence-corrected chi connectivity index (χ4v) is 4.90. The zero-order valence-corrected chi connectivity index (χ0v) is 17.3. The maximum Gasteiger partial charge on any atom is 0.194 e. The molecule has 0 radical (unpaired) electrons. The molecule has 1 aliphatic rings. The molecule has 2 aromatic heterocycles. The third kappa shape index (κ3) is 2.90. The summed E-state index contributed by atoms with van der Waals surface area (Å²) >= 11 is 1.47. The standard InChI is InChI=1S/C25H14N4OS/c1-29-21-12-17(31-25(21)28-24(29)15-7-3-2-4-8-15)11-20-22(16(13-26)14-27)18-9-5-6-10-19(18)23(20)30/h2-12H,1H3/b20-11-. The first-order valence-electron chi connectivity index (χ1n) is 9.54. The van der Waals surface area contributed by atoms with E-state index in [0.717, 1.165) is 26.6 Å². The molecule has 146 valence electrons. The zero-order valence-electron chi connectivity index (χ0n) is 16.5. The fraction of sp³-hybridized carbons (Fsp3) is 0.0400. The first-order valence-corrected chi connectivity index (χ1v) is 10.4. The SMILES string of the molecule is Cn1c(-c2ccccc2)nc2sc(/C=C3\C(=O)c4ccccc4C3=C(C#N)C#N)cc21. The molecule has 2 heterocycles. The molecular weight excluding hydrogens is 404 g/mol. The first-order chi connectivity index (χ1) is 15.1. The molecule has 0 amide bonds. The molecule has 0 spiro atoms. The third-order valence-corrected chi connectivity index (χ3v) is 6.31. The Morgan fingerprint density at radius 2 is 1.71 bits per heavy atom. The van der Waals surface area contributed by atoms with Crippen molar-refractivity contribution in [2.24, 2.45) is 7.05 Å². The number of hydrogen-bond donors (Lipinski definition) is 0. The summed E-state index contributed by atoms with van der Waals surface area (Å²) in [4.78, 5) is 19.6. The highest BCUT2D eigenvalue weighted by molar-refractivity contribution is 7.19. The number of aryl methyl sites for hydroxylation is 1. The van der Waals surface area contributed by atoms with E-state index in [1.165, 1.54) is 11.3 Å². The summed E-state index contributed by atoms with van der Waals surface area (Å²) in [5.74, 6) is 0.700. The van der Waals surface area contributed by atoms with Crippen LogP contribution in [-0.4, -0.2) is 15.3 Å². The Morgan fingerprint density at radius 1 is 1.03 bits per heavy atom. The van der Waals surface area contributed by atoms with Gasteiger partial charge in [-0.1, -0.05) is 54.6 Å². The highest BCUT2D eigenvalue weighted by Crippen LogP contribution is 2.41. The van der Waals surface area contributed by atoms with Gasteiger partial charge in [0, 0.05) is 34.2 Å². The van der Waals surface area contributed by atoms with Crippen molar-refractivity contribution in [2.45, 2.75) is 0 Å². The maximum atomic E-state index is 13.1. The van der Waals surface area contributed by atoms with E-state index in [2.05, 4.69) is 0 Å². The maximum absolute atomic E-state index is 13.1. The minimum Gasteiger partial charge on any atom is -0.326 e. The fourth-order valence-electron chi connectivity index (χ4n) is 3.90. The van der Waals surface area contributed by atoms with Gasteiger partial charge >= 0.3 is 0 Å². The molecule has 5 rings (SSSR count). The molecule has 4 aromatic rings. The summed E-state index contributed by atoms with van der Waals surface area (Å²) in [6.45, 7) is 0. The minimum absolute atomic E-state index is 0.0600. The molecule has 1 aliphatic carbocycles. The van der Waals surface area contributed by atoms with Crippen LogP contribution in [0.2, 0.25) is 0 Å². The van der Waals surface area contributed by atoms with Gasteiger partial charge in [-0.3, -0.25) is 4.79 Å². The Labute approximate surface area is 182 Å². The molecule has 0 bridgehead atoms. The van der Waals surface area contributed by atoms with Gasteiger partial charge in [-0.05, 0) is 17.7 Å². The van der Waals surface area contributed by atoms with Crippen molar-refractivity contribution in [3.05, 3.63) is 87.8 Å². The number of nitriles is 2. The Kier molecular flexibility index (Phi) is 4.36. The molecule has 0 atom stereocenters. The lowest BCUT2D eigenvalue weighted by atomic mass is 9.99. The van der Waals surface area contributed by atoms with Gasteiger partial charge in [-0.15, -0.1) is 11.3 Å². The lowest BCUT2D eigenvalue weighted by molar-refractivity contribution is 0.104. The number of nitrogens with zero attached hydrogens (tertiary/aromatic N) is 4. The zero-order chi connectivity index (χ0) is 21.5. The number of aromatic nitrogens is 2. The third-order valence-electron chi connectivity index (χ3n) is 5.35. The molecule has 0 saturated heterocycles. The second-order valence-electron chi connectivity index (χ2n) is 7.11. The molecular formula is C25H14N4OS. The largest absolute Gasteiger partial charge is 0.326 e. The van der Waals surface area contributed by atoms with Crippen LogP contribution in [-0.2, 0) is 7.05 Å². The Morgan fingerprint density at radius 3 is 2.39 bits per heavy atom. The van der Waals surface area contributed by atoms with Gasteiger partial charge in [0.05, 0.1) is 5.52 Å². The van der Waals surface area contributed by atoms with Crippen LogP contribution in [0, 0.1) is 22.7 Å². The van der Waals surface area contributed by atoms with Gasteiger partial charge < -0.3 is 4.57 Å². The molecule has 0 fully saturated rings. The lowest BCUT2D eigenvalue weighted by Crippen LogP contribution is -1.95. The normalized spacial score (nSPS) is 14.0. The number of rotatable bonds is 2. The molecule has 6 heteroatoms. The van der Waals surface area contributed by atoms with Gasteiger partial charge in [0.25, 0.3) is 0 Å². The van der Waals surface area contributed by atoms with E-state index in [-0.39, 0.29) is 11.4 Å². The quantitative estimate of drug-likeness (QED) is 0.323. The smallest absolute Gasteiger partial charge is 0.194 e. The predicted octanol–water partition coefficient (Wildman–Crippen LogP) is 5.38. The number of carbonyl (C=O) groups excluding carboxylic acids is 1. The van der Waals surface area contributed by atoms with Crippen LogP contribution in [0.1, 0.15) is 20.8 Å². The average Bonchev–Trinajstić information content (AvgIpc) is 3.43. The molecule has 0 aliphatic heterocycles. The lowest BCUT2D eigenvalue weighted by Gasteiger charge is -2.02. The van der Waals surface area contributed by atoms with Gasteiger partial charge in [-0.2, -0.15) is 10.5 Å². The van der Waals surface area contributed by atoms with E-state index in [0.29, 0.717) is 22.3 Å². The summed E-state index contributed by atoms with van der Waals surface area (Å²) in [7, 11) is 1.96. The van der Waals surface area contributed by atoms with Gasteiger partial charge in [-0.25, -0.2) is 4.98 Å². The highest BCUT2D eigenvalue weighted by Gasteiger charge is 2.32. The number of imidazole rings is 1. The van der Waals surface area contributed by atoms with Gasteiger partial charge in [0.2, 0.25) is 0 Å². The Hall–Kier alpha value is -4.26. The number of carbonyl (C=O) groups is 1. The van der Waals surface area contributed by atoms with Crippen LogP contribution in [0.25, 0.3) is 33.4 Å². The van der Waals surface area contributed by atoms with Crippen LogP contribution in [0.4, 0.5) is 0 Å². The van der Waals surface area contributed by atoms with E-state index < -0.39 is 0 Å². The first kappa shape index (κ1) is 18.7. The van der Waals surface area contributed by atoms with Crippen molar-refractivity contribution in [3.8, 4) is 23.5 Å². The summed E-state index contributed by atoms with van der Waals surface area (Å²) < 4.78 is 2.03. The topological polar surface area (TPSA) is 82.5 Å². The number of fused-ring (bicyclic) bond motifs is 2. The van der Waals surface area contributed by atoms with Crippen LogP contribution in [0.15, 0.2) is 71.8 Å². The monoisotopic (exact) mass is 418 g/mol. The number of hydrogen-bond acceptors (Lipinski definition) is 5. The summed E-state index contributed by atoms with van der Waals surface area (Å²) in [5.41, 5.74) is 3.85. The number of benzene rings is 2. The van der Waals surface area contributed by atoms with Crippen molar-refractivity contribution in [1.29, 1.82) is 10.5 Å². The molecule has 2 aromatic carbocycles. The highest BCUT2D eigenvalue weighted by atomic mass is 32.1. The van der Waals surface area contributed by atoms with E-state index in [1.807, 2.05) is 60.2 Å². The van der Waals surface area contributed by atoms with Crippen molar-refractivity contribution < 1.29 is 4.79 Å². The molecule has 0 N–H and O–H groups in total. The van der Waals surface area contributed by atoms with Crippen LogP contribution < -0.4 is 0 Å². The Bertz CT molecular complexity index is 1510. The average molecular weight is 418 g/mol. The van der Waals surface area contributed by atoms with Crippen molar-refractivity contribution in [2.75, 3.05) is 0 Å². The Balaban J connectivity index is 1.65. The predicted molar refractivity (Wildman–Crippen MR) is 121 cm³/mol. The number of Topliss-reactive ketones (excluding diaryl/α,β-unsaturated/α-hetero) is 1. The van der Waals surface area contributed by atoms with Crippen molar-refractivity contribution in [3.63, 3.8) is 0 Å². The van der Waals surface area contributed by atoms with Crippen LogP contribution >= 0.6 is 11.3 Å². The second-order valence-corrected chi connectivity index (χ2v) is 8.17. The van der Waals surface area contributed by atoms with Crippen LogP contribution in [0.3, 0.4) is 0 Å². The summed E-state index contributed by atoms with van der Waals surface area (Å²) in [6, 6.07) is 22.9. The second kappa shape index (κ2) is 7.21. The minimum atomic E-state index is -0.177. The van der Waals surface area contributed by atoms with Gasteiger partial charge in [0.1, 0.15) is 28.4 Å². The van der Waals surface area contributed by atoms with Crippen LogP contribution in [0.5, 0.6) is 0 Å². The molecule has 5 nitrogen and oxygen atoms in total. The molecule has 31 heavy (non-hydrogen) atoms. The molecule has 0 saturated carbocycles. The number of thiophene rings is 1. The van der Waals surface area contributed by atoms with Crippen molar-refractivity contribution in [1.82, 2.24) is 9.55 Å². The number of ketones is 1. The summed E-state index contributed by atoms with van der Waals surface area (Å²) in [6.07, 6.45) is 1.76. The van der Waals surface area contributed by atoms with E-state index in [4.69, 9.17) is 4.98 Å². The molecule has 0 unspecified atom stereocenters. The number of allylic oxidation sites excluding steroid dienone is 3. The van der Waals surface area contributed by atoms with Gasteiger partial charge in [0.15, 0.2) is 5.78 Å².